The summed E-state index contributed by atoms with van der Waals surface area (Å²) >= 11 is 0. The molecule has 2 rings (SSSR count). The van der Waals surface area contributed by atoms with Gasteiger partial charge in [0.15, 0.2) is 23.0 Å². The first-order valence-electron chi connectivity index (χ1n) is 11.5. The maximum atomic E-state index is 13.1. The monoisotopic (exact) mass is 503 g/mol. The SMILES string of the molecule is COc1cc(C(=O)Oc2cc(C(O)CNC(C)(C)C)ccc2OC(=O)C(C)(C)C)cc(OC)c1OC. The van der Waals surface area contributed by atoms with Crippen LogP contribution in [0.2, 0.25) is 0 Å². The molecule has 36 heavy (non-hydrogen) atoms. The molecule has 2 aromatic rings. The molecule has 2 N–H and O–H groups in total. The van der Waals surface area contributed by atoms with Crippen LogP contribution in [0.4, 0.5) is 0 Å². The number of ether oxygens (including phenoxy) is 5. The summed E-state index contributed by atoms with van der Waals surface area (Å²) in [6.07, 6.45) is -0.893. The average molecular weight is 504 g/mol. The number of methoxy groups -OCH3 is 3. The molecule has 2 aromatic carbocycles. The fourth-order valence-electron chi connectivity index (χ4n) is 3.03. The molecule has 1 unspecified atom stereocenters. The van der Waals surface area contributed by atoms with Crippen LogP contribution in [0.3, 0.4) is 0 Å². The van der Waals surface area contributed by atoms with E-state index in [4.69, 9.17) is 23.7 Å². The van der Waals surface area contributed by atoms with Crippen LogP contribution in [0, 0.1) is 5.41 Å². The number of hydrogen-bond donors (Lipinski definition) is 2. The Balaban J connectivity index is 2.46. The minimum absolute atomic E-state index is 0.0151. The molecule has 9 heteroatoms. The minimum atomic E-state index is -0.893. The molecular formula is C27H37NO8. The molecule has 0 aliphatic heterocycles. The van der Waals surface area contributed by atoms with Crippen molar-refractivity contribution in [2.24, 2.45) is 5.41 Å². The van der Waals surface area contributed by atoms with E-state index in [0.717, 1.165) is 0 Å². The Morgan fingerprint density at radius 3 is 1.89 bits per heavy atom. The van der Waals surface area contributed by atoms with Gasteiger partial charge in [0.05, 0.1) is 38.4 Å². The van der Waals surface area contributed by atoms with E-state index >= 15 is 0 Å². The fourth-order valence-corrected chi connectivity index (χ4v) is 3.03. The van der Waals surface area contributed by atoms with Gasteiger partial charge in [0, 0.05) is 12.1 Å². The Kier molecular flexibility index (Phi) is 9.34. The predicted molar refractivity (Wildman–Crippen MR) is 135 cm³/mol. The van der Waals surface area contributed by atoms with Gasteiger partial charge in [-0.25, -0.2) is 4.79 Å². The summed E-state index contributed by atoms with van der Waals surface area (Å²) in [5, 5.41) is 13.9. The van der Waals surface area contributed by atoms with Crippen molar-refractivity contribution in [3.05, 3.63) is 41.5 Å². The second kappa shape index (κ2) is 11.6. The summed E-state index contributed by atoms with van der Waals surface area (Å²) in [7, 11) is 4.33. The van der Waals surface area contributed by atoms with Gasteiger partial charge in [0.1, 0.15) is 0 Å². The Morgan fingerprint density at radius 2 is 1.42 bits per heavy atom. The second-order valence-electron chi connectivity index (χ2n) is 10.3. The zero-order chi connectivity index (χ0) is 27.3. The average Bonchev–Trinajstić information content (AvgIpc) is 2.81. The number of nitrogens with one attached hydrogen (secondary N) is 1. The number of aliphatic hydroxyl groups excluding tert-OH is 1. The van der Waals surface area contributed by atoms with E-state index in [1.807, 2.05) is 20.8 Å². The molecule has 0 heterocycles. The maximum Gasteiger partial charge on any atom is 0.343 e. The lowest BCUT2D eigenvalue weighted by Gasteiger charge is -2.23. The largest absolute Gasteiger partial charge is 0.493 e. The van der Waals surface area contributed by atoms with Gasteiger partial charge in [-0.1, -0.05) is 6.07 Å². The maximum absolute atomic E-state index is 13.1. The second-order valence-corrected chi connectivity index (χ2v) is 10.3. The molecule has 0 radical (unpaired) electrons. The number of carbonyl (C=O) groups is 2. The molecule has 0 bridgehead atoms. The Hall–Kier alpha value is -3.30. The third kappa shape index (κ3) is 7.60. The highest BCUT2D eigenvalue weighted by molar-refractivity contribution is 5.93. The molecule has 198 valence electrons. The number of aliphatic hydroxyl groups is 1. The fraction of sp³-hybridized carbons (Fsp3) is 0.481. The lowest BCUT2D eigenvalue weighted by molar-refractivity contribution is -0.143. The van der Waals surface area contributed by atoms with Crippen molar-refractivity contribution >= 4 is 11.9 Å². The van der Waals surface area contributed by atoms with Gasteiger partial charge in [-0.15, -0.1) is 0 Å². The topological polar surface area (TPSA) is 113 Å². The van der Waals surface area contributed by atoms with Gasteiger partial charge < -0.3 is 34.1 Å². The highest BCUT2D eigenvalue weighted by Crippen LogP contribution is 2.39. The van der Waals surface area contributed by atoms with Crippen molar-refractivity contribution in [1.82, 2.24) is 5.32 Å². The quantitative estimate of drug-likeness (QED) is 0.382. The molecule has 0 aliphatic rings. The number of rotatable bonds is 9. The molecule has 9 nitrogen and oxygen atoms in total. The molecule has 0 saturated carbocycles. The van der Waals surface area contributed by atoms with Crippen LogP contribution in [0.5, 0.6) is 28.7 Å². The summed E-state index contributed by atoms with van der Waals surface area (Å²) in [5.74, 6) is -0.333. The first kappa shape index (κ1) is 28.9. The van der Waals surface area contributed by atoms with Gasteiger partial charge >= 0.3 is 11.9 Å². The summed E-state index contributed by atoms with van der Waals surface area (Å²) in [4.78, 5) is 25.7. The van der Waals surface area contributed by atoms with Gasteiger partial charge in [0.25, 0.3) is 0 Å². The molecule has 0 aromatic heterocycles. The molecule has 0 saturated heterocycles. The first-order valence-corrected chi connectivity index (χ1v) is 11.5. The molecular weight excluding hydrogens is 466 g/mol. The van der Waals surface area contributed by atoms with Gasteiger partial charge in [-0.05, 0) is 71.4 Å². The van der Waals surface area contributed by atoms with E-state index < -0.39 is 23.5 Å². The standard InChI is InChI=1S/C27H37NO8/c1-26(2,3)25(31)36-19-11-10-16(18(29)15-28-27(4,5)6)12-20(19)35-24(30)17-13-21(32-7)23(34-9)22(14-17)33-8/h10-14,18,28-29H,15H2,1-9H3. The number of hydrogen-bond acceptors (Lipinski definition) is 9. The third-order valence-electron chi connectivity index (χ3n) is 5.10. The predicted octanol–water partition coefficient (Wildman–Crippen LogP) is 4.30. The van der Waals surface area contributed by atoms with Crippen molar-refractivity contribution in [3.8, 4) is 28.7 Å². The van der Waals surface area contributed by atoms with E-state index in [-0.39, 0.29) is 40.6 Å². The molecule has 0 spiro atoms. The highest BCUT2D eigenvalue weighted by atomic mass is 16.6. The molecule has 1 atom stereocenters. The van der Waals surface area contributed by atoms with Crippen LogP contribution in [0.15, 0.2) is 30.3 Å². The van der Waals surface area contributed by atoms with Gasteiger partial charge in [-0.2, -0.15) is 0 Å². The third-order valence-corrected chi connectivity index (χ3v) is 5.10. The summed E-state index contributed by atoms with van der Waals surface area (Å²) < 4.78 is 27.1. The van der Waals surface area contributed by atoms with Crippen LogP contribution in [0.1, 0.15) is 63.6 Å². The number of benzene rings is 2. The van der Waals surface area contributed by atoms with Crippen molar-refractivity contribution in [3.63, 3.8) is 0 Å². The highest BCUT2D eigenvalue weighted by Gasteiger charge is 2.27. The molecule has 0 fully saturated rings. The Morgan fingerprint density at radius 1 is 0.833 bits per heavy atom. The Bertz CT molecular complexity index is 1060. The zero-order valence-corrected chi connectivity index (χ0v) is 22.5. The van der Waals surface area contributed by atoms with Gasteiger partial charge in [0.2, 0.25) is 5.75 Å². The van der Waals surface area contributed by atoms with Crippen LogP contribution in [-0.2, 0) is 4.79 Å². The van der Waals surface area contributed by atoms with E-state index in [1.54, 1.807) is 26.8 Å². The number of esters is 2. The van der Waals surface area contributed by atoms with Crippen LogP contribution in [0.25, 0.3) is 0 Å². The Labute approximate surface area is 212 Å². The van der Waals surface area contributed by atoms with E-state index in [0.29, 0.717) is 11.3 Å². The van der Waals surface area contributed by atoms with Crippen LogP contribution in [-0.4, -0.2) is 50.5 Å². The minimum Gasteiger partial charge on any atom is -0.493 e. The number of β-amino-alcohol motifs (C(OH)–C–C–N with tert-alkyl or cyclic N) is 1. The van der Waals surface area contributed by atoms with Crippen molar-refractivity contribution in [2.75, 3.05) is 27.9 Å². The lowest BCUT2D eigenvalue weighted by atomic mass is 9.97. The molecule has 0 aliphatic carbocycles. The summed E-state index contributed by atoms with van der Waals surface area (Å²) in [6.45, 7) is 11.4. The van der Waals surface area contributed by atoms with E-state index in [1.165, 1.54) is 45.6 Å². The van der Waals surface area contributed by atoms with Crippen molar-refractivity contribution in [2.45, 2.75) is 53.2 Å². The lowest BCUT2D eigenvalue weighted by Crippen LogP contribution is -2.38. The van der Waals surface area contributed by atoms with Crippen LogP contribution < -0.4 is 29.0 Å². The van der Waals surface area contributed by atoms with Crippen molar-refractivity contribution in [1.29, 1.82) is 0 Å². The van der Waals surface area contributed by atoms with Gasteiger partial charge in [-0.3, -0.25) is 4.79 Å². The summed E-state index contributed by atoms with van der Waals surface area (Å²) in [6, 6.07) is 7.51. The summed E-state index contributed by atoms with van der Waals surface area (Å²) in [5.41, 5.74) is -0.384. The van der Waals surface area contributed by atoms with E-state index in [9.17, 15) is 14.7 Å². The molecule has 0 amide bonds. The number of carbonyl (C=O) groups excluding carboxylic acids is 2. The smallest absolute Gasteiger partial charge is 0.343 e. The van der Waals surface area contributed by atoms with Crippen LogP contribution >= 0.6 is 0 Å². The first-order chi connectivity index (χ1) is 16.7. The normalized spacial score (nSPS) is 12.5. The van der Waals surface area contributed by atoms with Crippen molar-refractivity contribution < 1.29 is 38.4 Å². The van der Waals surface area contributed by atoms with E-state index in [2.05, 4.69) is 5.32 Å². The zero-order valence-electron chi connectivity index (χ0n) is 22.5.